The van der Waals surface area contributed by atoms with Crippen LogP contribution in [0.3, 0.4) is 0 Å². The van der Waals surface area contributed by atoms with E-state index in [4.69, 9.17) is 9.47 Å². The van der Waals surface area contributed by atoms with Crippen LogP contribution < -0.4 is 14.8 Å². The molecule has 2 rings (SSSR count). The molecule has 106 valence electrons. The Hall–Kier alpha value is -2.23. The molecule has 1 aromatic carbocycles. The molecular weight excluding hydrogens is 252 g/mol. The maximum absolute atomic E-state index is 5.77. The van der Waals surface area contributed by atoms with Gasteiger partial charge in [-0.25, -0.2) is 0 Å². The van der Waals surface area contributed by atoms with Crippen molar-refractivity contribution in [3.8, 4) is 17.2 Å². The molecule has 0 aliphatic heterocycles. The maximum Gasteiger partial charge on any atom is 0.147 e. The predicted octanol–water partition coefficient (Wildman–Crippen LogP) is 4.09. The van der Waals surface area contributed by atoms with Gasteiger partial charge in [0.05, 0.1) is 24.7 Å². The van der Waals surface area contributed by atoms with Crippen LogP contribution in [0.2, 0.25) is 0 Å². The fourth-order valence-corrected chi connectivity index (χ4v) is 1.75. The maximum atomic E-state index is 5.77. The lowest BCUT2D eigenvalue weighted by Gasteiger charge is -2.09. The van der Waals surface area contributed by atoms with Crippen molar-refractivity contribution in [3.63, 3.8) is 0 Å². The van der Waals surface area contributed by atoms with Gasteiger partial charge in [-0.05, 0) is 37.6 Å². The van der Waals surface area contributed by atoms with Gasteiger partial charge >= 0.3 is 0 Å². The van der Waals surface area contributed by atoms with Crippen molar-refractivity contribution < 1.29 is 9.47 Å². The zero-order valence-corrected chi connectivity index (χ0v) is 11.9. The van der Waals surface area contributed by atoms with Crippen molar-refractivity contribution in [3.05, 3.63) is 42.7 Å². The van der Waals surface area contributed by atoms with Crippen molar-refractivity contribution in [1.29, 1.82) is 0 Å². The summed E-state index contributed by atoms with van der Waals surface area (Å²) in [5.74, 6) is 2.33. The molecule has 1 aromatic heterocycles. The number of aromatic nitrogens is 1. The Labute approximate surface area is 119 Å². The summed E-state index contributed by atoms with van der Waals surface area (Å²) in [5.41, 5.74) is 0.968. The summed E-state index contributed by atoms with van der Waals surface area (Å²) in [4.78, 5) is 4.17. The number of rotatable bonds is 7. The highest BCUT2D eigenvalue weighted by Crippen LogP contribution is 2.25. The normalized spacial score (nSPS) is 10.1. The second kappa shape index (κ2) is 7.38. The van der Waals surface area contributed by atoms with Crippen molar-refractivity contribution in [1.82, 2.24) is 4.98 Å². The van der Waals surface area contributed by atoms with Crippen LogP contribution in [0.25, 0.3) is 0 Å². The van der Waals surface area contributed by atoms with E-state index < -0.39 is 0 Å². The van der Waals surface area contributed by atoms with Crippen molar-refractivity contribution >= 4 is 5.69 Å². The highest BCUT2D eigenvalue weighted by atomic mass is 16.5. The number of anilines is 1. The van der Waals surface area contributed by atoms with E-state index in [1.165, 1.54) is 0 Å². The van der Waals surface area contributed by atoms with E-state index in [9.17, 15) is 0 Å². The molecule has 0 unspecified atom stereocenters. The third kappa shape index (κ3) is 4.16. The van der Waals surface area contributed by atoms with Crippen molar-refractivity contribution in [2.24, 2.45) is 0 Å². The summed E-state index contributed by atoms with van der Waals surface area (Å²) in [7, 11) is 0. The molecule has 0 aliphatic rings. The second-order valence-electron chi connectivity index (χ2n) is 4.34. The molecule has 1 heterocycles. The van der Waals surface area contributed by atoms with Gasteiger partial charge in [0, 0.05) is 12.6 Å². The molecule has 2 aromatic rings. The third-order valence-electron chi connectivity index (χ3n) is 2.66. The fraction of sp³-hybridized carbons (Fsp3) is 0.312. The van der Waals surface area contributed by atoms with E-state index >= 15 is 0 Å². The number of hydrogen-bond donors (Lipinski definition) is 1. The highest BCUT2D eigenvalue weighted by Gasteiger charge is 2.00. The van der Waals surface area contributed by atoms with E-state index in [1.807, 2.05) is 37.3 Å². The van der Waals surface area contributed by atoms with Gasteiger partial charge in [-0.15, -0.1) is 0 Å². The molecule has 0 atom stereocenters. The van der Waals surface area contributed by atoms with Gasteiger partial charge in [0.1, 0.15) is 17.2 Å². The van der Waals surface area contributed by atoms with Crippen LogP contribution in [0.5, 0.6) is 17.2 Å². The zero-order valence-electron chi connectivity index (χ0n) is 11.9. The molecule has 0 spiro atoms. The molecule has 4 nitrogen and oxygen atoms in total. The minimum atomic E-state index is 0.662. The first kappa shape index (κ1) is 14.2. The molecule has 1 N–H and O–H groups in total. The molecular formula is C16H20N2O2. The molecule has 0 bridgehead atoms. The van der Waals surface area contributed by atoms with Crippen LogP contribution in [0.4, 0.5) is 5.69 Å². The number of ether oxygens (including phenoxy) is 2. The molecule has 0 aliphatic carbocycles. The zero-order chi connectivity index (χ0) is 14.2. The van der Waals surface area contributed by atoms with Gasteiger partial charge in [0.2, 0.25) is 0 Å². The van der Waals surface area contributed by atoms with Crippen LogP contribution in [-0.4, -0.2) is 18.1 Å². The Morgan fingerprint density at radius 2 is 1.75 bits per heavy atom. The van der Waals surface area contributed by atoms with Crippen LogP contribution in [0.15, 0.2) is 42.7 Å². The van der Waals surface area contributed by atoms with E-state index in [0.717, 1.165) is 35.9 Å². The Morgan fingerprint density at radius 3 is 2.45 bits per heavy atom. The Balaban J connectivity index is 2.01. The summed E-state index contributed by atoms with van der Waals surface area (Å²) in [6.45, 7) is 5.68. The van der Waals surface area contributed by atoms with E-state index in [1.54, 1.807) is 12.4 Å². The first-order valence-corrected chi connectivity index (χ1v) is 6.91. The van der Waals surface area contributed by atoms with Crippen LogP contribution in [-0.2, 0) is 0 Å². The Kier molecular flexibility index (Phi) is 5.24. The van der Waals surface area contributed by atoms with E-state index in [2.05, 4.69) is 17.2 Å². The summed E-state index contributed by atoms with van der Waals surface area (Å²) < 4.78 is 11.2. The second-order valence-corrected chi connectivity index (χ2v) is 4.34. The molecule has 4 heteroatoms. The lowest BCUT2D eigenvalue weighted by molar-refractivity contribution is 0.339. The topological polar surface area (TPSA) is 43.4 Å². The van der Waals surface area contributed by atoms with Gasteiger partial charge < -0.3 is 14.8 Å². The average molecular weight is 272 g/mol. The largest absolute Gasteiger partial charge is 0.494 e. The summed E-state index contributed by atoms with van der Waals surface area (Å²) in [5, 5.41) is 3.28. The van der Waals surface area contributed by atoms with Crippen molar-refractivity contribution in [2.75, 3.05) is 18.5 Å². The lowest BCUT2D eigenvalue weighted by Crippen LogP contribution is -2.00. The predicted molar refractivity (Wildman–Crippen MR) is 80.7 cm³/mol. The van der Waals surface area contributed by atoms with E-state index in [0.29, 0.717) is 6.61 Å². The third-order valence-corrected chi connectivity index (χ3v) is 2.66. The molecule has 0 fully saturated rings. The van der Waals surface area contributed by atoms with Gasteiger partial charge in [-0.3, -0.25) is 4.98 Å². The number of nitrogens with one attached hydrogen (secondary N) is 1. The SMILES string of the molecule is CCCNc1cncc(Oc2ccc(OCC)cc2)c1. The highest BCUT2D eigenvalue weighted by molar-refractivity contribution is 5.46. The van der Waals surface area contributed by atoms with Gasteiger partial charge in [0.25, 0.3) is 0 Å². The summed E-state index contributed by atoms with van der Waals surface area (Å²) >= 11 is 0. The minimum Gasteiger partial charge on any atom is -0.494 e. The number of benzene rings is 1. The van der Waals surface area contributed by atoms with Crippen LogP contribution in [0, 0.1) is 0 Å². The number of pyridine rings is 1. The smallest absolute Gasteiger partial charge is 0.147 e. The summed E-state index contributed by atoms with van der Waals surface area (Å²) in [6.07, 6.45) is 4.57. The lowest BCUT2D eigenvalue weighted by atomic mass is 10.3. The average Bonchev–Trinajstić information content (AvgIpc) is 2.48. The molecule has 0 saturated heterocycles. The van der Waals surface area contributed by atoms with Crippen LogP contribution >= 0.6 is 0 Å². The molecule has 20 heavy (non-hydrogen) atoms. The van der Waals surface area contributed by atoms with Crippen molar-refractivity contribution in [2.45, 2.75) is 20.3 Å². The molecule has 0 amide bonds. The van der Waals surface area contributed by atoms with Gasteiger partial charge in [-0.2, -0.15) is 0 Å². The monoisotopic (exact) mass is 272 g/mol. The first-order chi connectivity index (χ1) is 9.81. The Morgan fingerprint density at radius 1 is 1.00 bits per heavy atom. The number of hydrogen-bond acceptors (Lipinski definition) is 4. The van der Waals surface area contributed by atoms with Crippen LogP contribution in [0.1, 0.15) is 20.3 Å². The standard InChI is InChI=1S/C16H20N2O2/c1-3-9-18-13-10-16(12-17-11-13)20-15-7-5-14(6-8-15)19-4-2/h5-8,10-12,18H,3-4,9H2,1-2H3. The minimum absolute atomic E-state index is 0.662. The fourth-order valence-electron chi connectivity index (χ4n) is 1.75. The number of nitrogens with zero attached hydrogens (tertiary/aromatic N) is 1. The molecule has 0 saturated carbocycles. The Bertz CT molecular complexity index is 526. The quantitative estimate of drug-likeness (QED) is 0.824. The van der Waals surface area contributed by atoms with E-state index in [-0.39, 0.29) is 0 Å². The van der Waals surface area contributed by atoms with Gasteiger partial charge in [0.15, 0.2) is 0 Å². The van der Waals surface area contributed by atoms with Gasteiger partial charge in [-0.1, -0.05) is 6.92 Å². The molecule has 0 radical (unpaired) electrons. The summed E-state index contributed by atoms with van der Waals surface area (Å²) in [6, 6.07) is 9.50. The first-order valence-electron chi connectivity index (χ1n) is 6.91.